The minimum Gasteiger partial charge on any atom is -0.368 e. The standard InChI is InChI=1S/C22H24ClN5OS/c23-17-5-1-6-18(14-17)26-10-12-27(13-11-26)21(29)16-4-3-9-28(15-16)22-25-19-7-2-8-24-20(19)30-22/h1-2,5-8,14,16H,3-4,9-13,15H2. The van der Waals surface area contributed by atoms with Gasteiger partial charge in [-0.25, -0.2) is 9.97 Å². The van der Waals surface area contributed by atoms with E-state index in [4.69, 9.17) is 16.6 Å². The Hall–Kier alpha value is -2.38. The van der Waals surface area contributed by atoms with Crippen molar-refractivity contribution in [1.82, 2.24) is 14.9 Å². The topological polar surface area (TPSA) is 52.6 Å². The number of rotatable bonds is 3. The lowest BCUT2D eigenvalue weighted by molar-refractivity contribution is -0.136. The van der Waals surface area contributed by atoms with Crippen molar-refractivity contribution in [2.24, 2.45) is 5.92 Å². The molecule has 2 aliphatic heterocycles. The van der Waals surface area contributed by atoms with Gasteiger partial charge in [0.1, 0.15) is 10.3 Å². The molecule has 0 spiro atoms. The molecule has 2 aliphatic rings. The Balaban J connectivity index is 1.22. The summed E-state index contributed by atoms with van der Waals surface area (Å²) < 4.78 is 0. The van der Waals surface area contributed by atoms with Crippen LogP contribution in [0.2, 0.25) is 5.02 Å². The molecule has 4 heterocycles. The lowest BCUT2D eigenvalue weighted by atomic mass is 9.96. The quantitative estimate of drug-likeness (QED) is 0.616. The Morgan fingerprint density at radius 1 is 1.07 bits per heavy atom. The molecule has 2 saturated heterocycles. The average Bonchev–Trinajstić information content (AvgIpc) is 3.23. The number of amides is 1. The number of hydrogen-bond acceptors (Lipinski definition) is 6. The predicted molar refractivity (Wildman–Crippen MR) is 123 cm³/mol. The maximum atomic E-state index is 13.2. The molecule has 1 aromatic carbocycles. The molecule has 5 rings (SSSR count). The van der Waals surface area contributed by atoms with E-state index in [1.807, 2.05) is 35.2 Å². The van der Waals surface area contributed by atoms with Gasteiger partial charge in [-0.3, -0.25) is 4.79 Å². The second-order valence-corrected chi connectivity index (χ2v) is 9.29. The zero-order valence-electron chi connectivity index (χ0n) is 16.7. The molecular weight excluding hydrogens is 418 g/mol. The molecule has 30 heavy (non-hydrogen) atoms. The van der Waals surface area contributed by atoms with E-state index in [1.54, 1.807) is 17.5 Å². The number of carbonyl (C=O) groups is 1. The molecule has 8 heteroatoms. The van der Waals surface area contributed by atoms with Gasteiger partial charge < -0.3 is 14.7 Å². The summed E-state index contributed by atoms with van der Waals surface area (Å²) in [5.41, 5.74) is 2.06. The fourth-order valence-electron chi connectivity index (χ4n) is 4.36. The van der Waals surface area contributed by atoms with Crippen molar-refractivity contribution in [2.75, 3.05) is 49.1 Å². The summed E-state index contributed by atoms with van der Waals surface area (Å²) in [5.74, 6) is 0.320. The molecule has 0 bridgehead atoms. The first-order valence-corrected chi connectivity index (χ1v) is 11.6. The average molecular weight is 442 g/mol. The molecular formula is C22H24ClN5OS. The van der Waals surface area contributed by atoms with E-state index in [0.29, 0.717) is 0 Å². The van der Waals surface area contributed by atoms with E-state index in [-0.39, 0.29) is 11.8 Å². The minimum atomic E-state index is 0.0384. The fraction of sp³-hybridized carbons (Fsp3) is 0.409. The highest BCUT2D eigenvalue weighted by Gasteiger charge is 2.32. The van der Waals surface area contributed by atoms with Gasteiger partial charge >= 0.3 is 0 Å². The van der Waals surface area contributed by atoms with Gasteiger partial charge in [-0.1, -0.05) is 29.0 Å². The first-order valence-electron chi connectivity index (χ1n) is 10.4. The Kier molecular flexibility index (Phi) is 5.48. The number of nitrogens with zero attached hydrogens (tertiary/aromatic N) is 5. The van der Waals surface area contributed by atoms with Crippen LogP contribution >= 0.6 is 22.9 Å². The number of carbonyl (C=O) groups excluding carboxylic acids is 1. The second kappa shape index (κ2) is 8.40. The summed E-state index contributed by atoms with van der Waals surface area (Å²) in [7, 11) is 0. The zero-order chi connectivity index (χ0) is 20.5. The van der Waals surface area contributed by atoms with Gasteiger partial charge in [0.15, 0.2) is 5.13 Å². The van der Waals surface area contributed by atoms with Crippen LogP contribution in [0.3, 0.4) is 0 Å². The van der Waals surface area contributed by atoms with Gasteiger partial charge in [0.05, 0.1) is 5.92 Å². The number of piperazine rings is 1. The molecule has 2 fully saturated rings. The number of aromatic nitrogens is 2. The maximum absolute atomic E-state index is 13.2. The molecule has 0 aliphatic carbocycles. The number of benzene rings is 1. The third-order valence-corrected chi connectivity index (χ3v) is 7.24. The van der Waals surface area contributed by atoms with Gasteiger partial charge in [0.25, 0.3) is 0 Å². The monoisotopic (exact) mass is 441 g/mol. The summed E-state index contributed by atoms with van der Waals surface area (Å²) in [5, 5.41) is 1.73. The normalized spacial score (nSPS) is 20.0. The minimum absolute atomic E-state index is 0.0384. The van der Waals surface area contributed by atoms with Gasteiger partial charge in [-0.15, -0.1) is 0 Å². The summed E-state index contributed by atoms with van der Waals surface area (Å²) in [6.07, 6.45) is 3.77. The molecule has 1 amide bonds. The van der Waals surface area contributed by atoms with Crippen molar-refractivity contribution in [3.63, 3.8) is 0 Å². The third-order valence-electron chi connectivity index (χ3n) is 5.96. The van der Waals surface area contributed by atoms with Crippen LogP contribution in [0.1, 0.15) is 12.8 Å². The van der Waals surface area contributed by atoms with Crippen molar-refractivity contribution in [1.29, 1.82) is 0 Å². The van der Waals surface area contributed by atoms with Crippen LogP contribution in [0.5, 0.6) is 0 Å². The first kappa shape index (κ1) is 19.6. The van der Waals surface area contributed by atoms with Crippen molar-refractivity contribution < 1.29 is 4.79 Å². The van der Waals surface area contributed by atoms with E-state index >= 15 is 0 Å². The molecule has 0 N–H and O–H groups in total. The van der Waals surface area contributed by atoms with Gasteiger partial charge in [0, 0.05) is 56.2 Å². The fourth-order valence-corrected chi connectivity index (χ4v) is 5.49. The second-order valence-electron chi connectivity index (χ2n) is 7.90. The van der Waals surface area contributed by atoms with Crippen LogP contribution in [-0.4, -0.2) is 60.0 Å². The lowest BCUT2D eigenvalue weighted by Gasteiger charge is -2.39. The third kappa shape index (κ3) is 3.96. The molecule has 0 saturated carbocycles. The van der Waals surface area contributed by atoms with Crippen molar-refractivity contribution in [2.45, 2.75) is 12.8 Å². The molecule has 1 unspecified atom stereocenters. The smallest absolute Gasteiger partial charge is 0.227 e. The highest BCUT2D eigenvalue weighted by Crippen LogP contribution is 2.31. The summed E-state index contributed by atoms with van der Waals surface area (Å²) in [4.78, 5) is 29.9. The molecule has 0 radical (unpaired) electrons. The predicted octanol–water partition coefficient (Wildman–Crippen LogP) is 3.91. The maximum Gasteiger partial charge on any atom is 0.227 e. The van der Waals surface area contributed by atoms with Crippen LogP contribution in [-0.2, 0) is 4.79 Å². The van der Waals surface area contributed by atoms with E-state index in [9.17, 15) is 4.79 Å². The van der Waals surface area contributed by atoms with E-state index in [2.05, 4.69) is 20.9 Å². The van der Waals surface area contributed by atoms with Crippen molar-refractivity contribution in [3.05, 3.63) is 47.6 Å². The summed E-state index contributed by atoms with van der Waals surface area (Å²) >= 11 is 7.74. The Labute approximate surface area is 185 Å². The molecule has 6 nitrogen and oxygen atoms in total. The zero-order valence-corrected chi connectivity index (χ0v) is 18.3. The van der Waals surface area contributed by atoms with E-state index < -0.39 is 0 Å². The summed E-state index contributed by atoms with van der Waals surface area (Å²) in [6, 6.07) is 11.8. The number of pyridine rings is 1. The number of halogens is 1. The van der Waals surface area contributed by atoms with Crippen molar-refractivity contribution >= 4 is 50.0 Å². The van der Waals surface area contributed by atoms with Crippen LogP contribution < -0.4 is 9.80 Å². The number of hydrogen-bond donors (Lipinski definition) is 0. The van der Waals surface area contributed by atoms with Crippen LogP contribution in [0.25, 0.3) is 10.3 Å². The Morgan fingerprint density at radius 3 is 2.73 bits per heavy atom. The van der Waals surface area contributed by atoms with Crippen molar-refractivity contribution in [3.8, 4) is 0 Å². The highest BCUT2D eigenvalue weighted by molar-refractivity contribution is 7.21. The molecule has 156 valence electrons. The highest BCUT2D eigenvalue weighted by atomic mass is 35.5. The molecule has 3 aromatic rings. The van der Waals surface area contributed by atoms with Crippen LogP contribution in [0.15, 0.2) is 42.6 Å². The Morgan fingerprint density at radius 2 is 1.93 bits per heavy atom. The molecule has 2 aromatic heterocycles. The number of piperidine rings is 1. The largest absolute Gasteiger partial charge is 0.368 e. The van der Waals surface area contributed by atoms with Crippen LogP contribution in [0.4, 0.5) is 10.8 Å². The van der Waals surface area contributed by atoms with Gasteiger partial charge in [0.2, 0.25) is 5.91 Å². The number of anilines is 2. The number of thiazole rings is 1. The SMILES string of the molecule is O=C(C1CCCN(c2nc3cccnc3s2)C1)N1CCN(c2cccc(Cl)c2)CC1. The number of fused-ring (bicyclic) bond motifs is 1. The lowest BCUT2D eigenvalue weighted by Crippen LogP contribution is -2.52. The molecule has 1 atom stereocenters. The van der Waals surface area contributed by atoms with Gasteiger partial charge in [-0.2, -0.15) is 0 Å². The van der Waals surface area contributed by atoms with E-state index in [0.717, 1.165) is 78.3 Å². The van der Waals surface area contributed by atoms with Gasteiger partial charge in [-0.05, 0) is 43.2 Å². The van der Waals surface area contributed by atoms with Crippen LogP contribution in [0, 0.1) is 5.92 Å². The first-order chi connectivity index (χ1) is 14.7. The summed E-state index contributed by atoms with van der Waals surface area (Å²) in [6.45, 7) is 4.89. The Bertz CT molecular complexity index is 1020. The van der Waals surface area contributed by atoms with E-state index in [1.165, 1.54) is 0 Å².